The van der Waals surface area contributed by atoms with Crippen molar-refractivity contribution in [3.63, 3.8) is 0 Å². The van der Waals surface area contributed by atoms with Gasteiger partial charge in [0, 0.05) is 26.2 Å². The normalized spacial score (nSPS) is 16.9. The van der Waals surface area contributed by atoms with Gasteiger partial charge >= 0.3 is 11.9 Å². The molecular weight excluding hydrogens is 268 g/mol. The molecule has 0 aromatic heterocycles. The number of aliphatic hydroxyl groups is 2. The van der Waals surface area contributed by atoms with E-state index in [0.29, 0.717) is 26.2 Å². The number of rotatable bonds is 8. The van der Waals surface area contributed by atoms with Crippen molar-refractivity contribution in [1.82, 2.24) is 9.80 Å². The Balaban J connectivity index is 2.16. The molecule has 0 saturated carbocycles. The number of esters is 2. The molecule has 0 aromatic rings. The molecule has 2 N–H and O–H groups in total. The molecule has 8 heteroatoms. The molecule has 1 rings (SSSR count). The summed E-state index contributed by atoms with van der Waals surface area (Å²) in [6.07, 6.45) is 0. The molecule has 0 amide bonds. The van der Waals surface area contributed by atoms with Crippen molar-refractivity contribution in [2.24, 2.45) is 0 Å². The minimum Gasteiger partial charge on any atom is -0.462 e. The van der Waals surface area contributed by atoms with Crippen molar-refractivity contribution < 1.29 is 29.3 Å². The van der Waals surface area contributed by atoms with Crippen LogP contribution in [0.3, 0.4) is 0 Å². The lowest BCUT2D eigenvalue weighted by atomic mass is 10.3. The molecular formula is C12H22N2O6. The van der Waals surface area contributed by atoms with Crippen LogP contribution in [-0.2, 0) is 19.1 Å². The Morgan fingerprint density at radius 2 is 1.15 bits per heavy atom. The van der Waals surface area contributed by atoms with E-state index in [4.69, 9.17) is 19.7 Å². The largest absolute Gasteiger partial charge is 0.462 e. The number of hydrogen-bond donors (Lipinski definition) is 2. The van der Waals surface area contributed by atoms with Gasteiger partial charge in [-0.1, -0.05) is 0 Å². The van der Waals surface area contributed by atoms with Crippen LogP contribution in [0.1, 0.15) is 0 Å². The number of hydrogen-bond acceptors (Lipinski definition) is 8. The molecule has 0 spiro atoms. The van der Waals surface area contributed by atoms with Gasteiger partial charge in [0.2, 0.25) is 0 Å². The van der Waals surface area contributed by atoms with Crippen LogP contribution in [0.15, 0.2) is 0 Å². The third-order valence-corrected chi connectivity index (χ3v) is 2.88. The van der Waals surface area contributed by atoms with Crippen molar-refractivity contribution in [3.8, 4) is 0 Å². The van der Waals surface area contributed by atoms with E-state index in [1.54, 1.807) is 0 Å². The second-order valence-electron chi connectivity index (χ2n) is 4.44. The molecule has 8 nitrogen and oxygen atoms in total. The van der Waals surface area contributed by atoms with Crippen LogP contribution in [-0.4, -0.2) is 97.6 Å². The number of carbonyl (C=O) groups is 2. The van der Waals surface area contributed by atoms with Gasteiger partial charge in [-0.05, 0) is 0 Å². The lowest BCUT2D eigenvalue weighted by molar-refractivity contribution is -0.149. The summed E-state index contributed by atoms with van der Waals surface area (Å²) in [7, 11) is 0. The van der Waals surface area contributed by atoms with Crippen LogP contribution in [0.2, 0.25) is 0 Å². The molecule has 1 fully saturated rings. The van der Waals surface area contributed by atoms with E-state index in [9.17, 15) is 9.59 Å². The number of ether oxygens (including phenoxy) is 2. The van der Waals surface area contributed by atoms with Gasteiger partial charge in [0.1, 0.15) is 13.2 Å². The maximum Gasteiger partial charge on any atom is 0.320 e. The van der Waals surface area contributed by atoms with Crippen LogP contribution in [0.4, 0.5) is 0 Å². The van der Waals surface area contributed by atoms with E-state index in [-0.39, 0.29) is 51.5 Å². The lowest BCUT2D eigenvalue weighted by Crippen LogP contribution is -2.49. The van der Waals surface area contributed by atoms with E-state index in [0.717, 1.165) is 0 Å². The number of piperazine rings is 1. The van der Waals surface area contributed by atoms with Gasteiger partial charge in [-0.3, -0.25) is 19.4 Å². The Morgan fingerprint density at radius 1 is 0.800 bits per heavy atom. The average Bonchev–Trinajstić information content (AvgIpc) is 2.45. The van der Waals surface area contributed by atoms with Gasteiger partial charge in [0.15, 0.2) is 0 Å². The summed E-state index contributed by atoms with van der Waals surface area (Å²) < 4.78 is 9.58. The maximum atomic E-state index is 11.4. The quantitative estimate of drug-likeness (QED) is 0.480. The zero-order valence-electron chi connectivity index (χ0n) is 11.5. The first-order chi connectivity index (χ1) is 9.65. The van der Waals surface area contributed by atoms with Gasteiger partial charge < -0.3 is 19.7 Å². The zero-order chi connectivity index (χ0) is 14.8. The van der Waals surface area contributed by atoms with E-state index < -0.39 is 0 Å². The number of aliphatic hydroxyl groups excluding tert-OH is 2. The molecule has 1 aliphatic rings. The number of nitrogens with zero attached hydrogens (tertiary/aromatic N) is 2. The van der Waals surface area contributed by atoms with Gasteiger partial charge in [0.05, 0.1) is 26.3 Å². The monoisotopic (exact) mass is 290 g/mol. The Morgan fingerprint density at radius 3 is 1.45 bits per heavy atom. The smallest absolute Gasteiger partial charge is 0.320 e. The second-order valence-corrected chi connectivity index (χ2v) is 4.44. The van der Waals surface area contributed by atoms with E-state index in [2.05, 4.69) is 0 Å². The summed E-state index contributed by atoms with van der Waals surface area (Å²) in [5.74, 6) is -0.704. The highest BCUT2D eigenvalue weighted by atomic mass is 16.5. The van der Waals surface area contributed by atoms with Gasteiger partial charge in [-0.25, -0.2) is 0 Å². The van der Waals surface area contributed by atoms with E-state index in [1.165, 1.54) is 0 Å². The molecule has 0 aromatic carbocycles. The Labute approximate surface area is 117 Å². The SMILES string of the molecule is O=C(CN1CCN(CC(=O)OCCO)CC1)OCCO. The molecule has 0 aliphatic carbocycles. The third-order valence-electron chi connectivity index (χ3n) is 2.88. The fourth-order valence-electron chi connectivity index (χ4n) is 1.88. The van der Waals surface area contributed by atoms with Gasteiger partial charge in [-0.15, -0.1) is 0 Å². The molecule has 0 atom stereocenters. The average molecular weight is 290 g/mol. The van der Waals surface area contributed by atoms with Gasteiger partial charge in [-0.2, -0.15) is 0 Å². The van der Waals surface area contributed by atoms with Crippen molar-refractivity contribution >= 4 is 11.9 Å². The zero-order valence-corrected chi connectivity index (χ0v) is 11.5. The molecule has 1 heterocycles. The van der Waals surface area contributed by atoms with Crippen LogP contribution in [0.5, 0.6) is 0 Å². The Kier molecular flexibility index (Phi) is 8.12. The molecule has 0 radical (unpaired) electrons. The van der Waals surface area contributed by atoms with Crippen molar-refractivity contribution in [2.45, 2.75) is 0 Å². The fourth-order valence-corrected chi connectivity index (χ4v) is 1.88. The highest BCUT2D eigenvalue weighted by molar-refractivity contribution is 5.72. The Hall–Kier alpha value is -1.22. The highest BCUT2D eigenvalue weighted by Crippen LogP contribution is 2.02. The minimum absolute atomic E-state index is 0.0233. The maximum absolute atomic E-state index is 11.4. The molecule has 20 heavy (non-hydrogen) atoms. The standard InChI is InChI=1S/C12H22N2O6/c15-5-7-19-11(17)9-13-1-2-14(4-3-13)10-12(18)20-8-6-16/h15-16H,1-10H2. The molecule has 0 unspecified atom stereocenters. The fraction of sp³-hybridized carbons (Fsp3) is 0.833. The van der Waals surface area contributed by atoms with E-state index in [1.807, 2.05) is 9.80 Å². The van der Waals surface area contributed by atoms with Gasteiger partial charge in [0.25, 0.3) is 0 Å². The predicted octanol–water partition coefficient (Wildman–Crippen LogP) is -2.32. The Bertz CT molecular complexity index is 274. The summed E-state index contributed by atoms with van der Waals surface area (Å²) in [6.45, 7) is 2.77. The topological polar surface area (TPSA) is 99.5 Å². The highest BCUT2D eigenvalue weighted by Gasteiger charge is 2.21. The first kappa shape index (κ1) is 16.8. The van der Waals surface area contributed by atoms with E-state index >= 15 is 0 Å². The summed E-state index contributed by atoms with van der Waals surface area (Å²) in [5.41, 5.74) is 0. The molecule has 116 valence electrons. The summed E-state index contributed by atoms with van der Waals surface area (Å²) in [5, 5.41) is 17.1. The van der Waals surface area contributed by atoms with Crippen LogP contribution in [0, 0.1) is 0 Å². The summed E-state index contributed by atoms with van der Waals surface area (Å²) in [6, 6.07) is 0. The predicted molar refractivity (Wildman–Crippen MR) is 69.0 cm³/mol. The van der Waals surface area contributed by atoms with Crippen LogP contribution >= 0.6 is 0 Å². The third kappa shape index (κ3) is 6.80. The molecule has 0 bridgehead atoms. The minimum atomic E-state index is -0.352. The molecule has 1 aliphatic heterocycles. The first-order valence-electron chi connectivity index (χ1n) is 6.63. The van der Waals surface area contributed by atoms with Crippen molar-refractivity contribution in [3.05, 3.63) is 0 Å². The van der Waals surface area contributed by atoms with Crippen LogP contribution < -0.4 is 0 Å². The summed E-state index contributed by atoms with van der Waals surface area (Å²) in [4.78, 5) is 26.6. The first-order valence-corrected chi connectivity index (χ1v) is 6.63. The second kappa shape index (κ2) is 9.65. The van der Waals surface area contributed by atoms with Crippen LogP contribution in [0.25, 0.3) is 0 Å². The van der Waals surface area contributed by atoms with Crippen molar-refractivity contribution in [2.75, 3.05) is 65.7 Å². The summed E-state index contributed by atoms with van der Waals surface area (Å²) >= 11 is 0. The molecule has 1 saturated heterocycles. The van der Waals surface area contributed by atoms with Crippen molar-refractivity contribution in [1.29, 1.82) is 0 Å². The lowest BCUT2D eigenvalue weighted by Gasteiger charge is -2.33. The number of carbonyl (C=O) groups excluding carboxylic acids is 2.